The molecule has 0 bridgehead atoms. The van der Waals surface area contributed by atoms with E-state index in [2.05, 4.69) is 15.5 Å². The normalized spacial score (nSPS) is 10.6. The summed E-state index contributed by atoms with van der Waals surface area (Å²) in [6.45, 7) is 1.97. The van der Waals surface area contributed by atoms with Crippen molar-refractivity contribution in [2.75, 3.05) is 19.5 Å². The van der Waals surface area contributed by atoms with E-state index in [0.717, 1.165) is 11.3 Å². The van der Waals surface area contributed by atoms with Gasteiger partial charge in [0.15, 0.2) is 0 Å². The Bertz CT molecular complexity index is 1020. The number of aromatic amines is 1. The molecule has 0 spiro atoms. The molecule has 1 aromatic heterocycles. The number of hydrogen-bond acceptors (Lipinski definition) is 4. The number of rotatable bonds is 6. The van der Waals surface area contributed by atoms with Crippen molar-refractivity contribution in [2.24, 2.45) is 0 Å². The third-order valence-electron chi connectivity index (χ3n) is 4.28. The van der Waals surface area contributed by atoms with Gasteiger partial charge >= 0.3 is 0 Å². The largest absolute Gasteiger partial charge is 0.497 e. The number of hydrogen-bond donors (Lipinski definition) is 2. The average molecular weight is 420 g/mol. The lowest BCUT2D eigenvalue weighted by Crippen LogP contribution is -2.13. The van der Waals surface area contributed by atoms with Gasteiger partial charge in [0, 0.05) is 17.2 Å². The summed E-state index contributed by atoms with van der Waals surface area (Å²) in [6, 6.07) is 10.1. The van der Waals surface area contributed by atoms with Gasteiger partial charge in [0.25, 0.3) is 5.91 Å². The van der Waals surface area contributed by atoms with Crippen molar-refractivity contribution in [1.29, 1.82) is 0 Å². The van der Waals surface area contributed by atoms with Gasteiger partial charge in [-0.25, -0.2) is 0 Å². The van der Waals surface area contributed by atoms with E-state index in [9.17, 15) is 4.79 Å². The molecule has 8 heteroatoms. The summed E-state index contributed by atoms with van der Waals surface area (Å²) >= 11 is 12.0. The first kappa shape index (κ1) is 20.0. The van der Waals surface area contributed by atoms with Gasteiger partial charge in [-0.05, 0) is 36.8 Å². The van der Waals surface area contributed by atoms with Crippen LogP contribution in [0, 0.1) is 0 Å². The van der Waals surface area contributed by atoms with Crippen LogP contribution >= 0.6 is 23.2 Å². The maximum atomic E-state index is 12.8. The Morgan fingerprint density at radius 3 is 2.54 bits per heavy atom. The van der Waals surface area contributed by atoms with E-state index >= 15 is 0 Å². The Balaban J connectivity index is 2.01. The summed E-state index contributed by atoms with van der Waals surface area (Å²) in [4.78, 5) is 12.8. The Morgan fingerprint density at radius 2 is 1.89 bits per heavy atom. The van der Waals surface area contributed by atoms with Gasteiger partial charge in [0.2, 0.25) is 0 Å². The van der Waals surface area contributed by atoms with E-state index in [4.69, 9.17) is 32.7 Å². The zero-order chi connectivity index (χ0) is 20.3. The van der Waals surface area contributed by atoms with Gasteiger partial charge in [-0.3, -0.25) is 9.89 Å². The Labute approximate surface area is 172 Å². The number of halogens is 2. The van der Waals surface area contributed by atoms with Gasteiger partial charge in [-0.2, -0.15) is 5.10 Å². The van der Waals surface area contributed by atoms with Gasteiger partial charge in [0.05, 0.1) is 35.6 Å². The molecule has 3 aromatic rings. The standard InChI is InChI=1S/C20H19Cl2N3O3/c1-4-16-19(23-20(26)11-5-8-14(21)15(22)9-11)18(25-24-16)13-7-6-12(27-2)10-17(13)28-3/h5-10H,4H2,1-3H3,(H,23,26)(H,24,25). The van der Waals surface area contributed by atoms with Crippen molar-refractivity contribution < 1.29 is 14.3 Å². The number of nitrogens with one attached hydrogen (secondary N) is 2. The summed E-state index contributed by atoms with van der Waals surface area (Å²) in [6.07, 6.45) is 0.655. The van der Waals surface area contributed by atoms with Crippen LogP contribution in [0.1, 0.15) is 23.0 Å². The van der Waals surface area contributed by atoms with Crippen LogP contribution in [0.15, 0.2) is 36.4 Å². The summed E-state index contributed by atoms with van der Waals surface area (Å²) in [5.41, 5.74) is 3.07. The topological polar surface area (TPSA) is 76.2 Å². The summed E-state index contributed by atoms with van der Waals surface area (Å²) in [7, 11) is 3.15. The Hall–Kier alpha value is -2.70. The smallest absolute Gasteiger partial charge is 0.255 e. The molecule has 0 aliphatic rings. The monoisotopic (exact) mass is 419 g/mol. The van der Waals surface area contributed by atoms with Crippen LogP contribution in [0.2, 0.25) is 10.0 Å². The van der Waals surface area contributed by atoms with Crippen LogP contribution in [0.3, 0.4) is 0 Å². The van der Waals surface area contributed by atoms with Crippen molar-refractivity contribution in [2.45, 2.75) is 13.3 Å². The highest BCUT2D eigenvalue weighted by atomic mass is 35.5. The number of ether oxygens (including phenoxy) is 2. The van der Waals surface area contributed by atoms with Crippen LogP contribution in [-0.2, 0) is 6.42 Å². The fraction of sp³-hybridized carbons (Fsp3) is 0.200. The predicted molar refractivity (Wildman–Crippen MR) is 111 cm³/mol. The highest BCUT2D eigenvalue weighted by molar-refractivity contribution is 6.42. The summed E-state index contributed by atoms with van der Waals surface area (Å²) < 4.78 is 10.7. The second-order valence-corrected chi connectivity index (χ2v) is 6.74. The van der Waals surface area contributed by atoms with Crippen LogP contribution < -0.4 is 14.8 Å². The molecule has 3 rings (SSSR count). The van der Waals surface area contributed by atoms with Gasteiger partial charge in [0.1, 0.15) is 17.2 Å². The predicted octanol–water partition coefficient (Wildman–Crippen LogP) is 5.22. The first-order chi connectivity index (χ1) is 13.5. The molecule has 0 aliphatic heterocycles. The van der Waals surface area contributed by atoms with Crippen LogP contribution in [0.25, 0.3) is 11.3 Å². The average Bonchev–Trinajstić information content (AvgIpc) is 3.11. The summed E-state index contributed by atoms with van der Waals surface area (Å²) in [5.74, 6) is 0.926. The van der Waals surface area contributed by atoms with Crippen molar-refractivity contribution in [3.63, 3.8) is 0 Å². The van der Waals surface area contributed by atoms with E-state index in [-0.39, 0.29) is 5.91 Å². The molecule has 146 valence electrons. The molecule has 0 fully saturated rings. The molecule has 1 heterocycles. The van der Waals surface area contributed by atoms with E-state index in [0.29, 0.717) is 44.9 Å². The summed E-state index contributed by atoms with van der Waals surface area (Å²) in [5, 5.41) is 11.0. The second kappa shape index (κ2) is 8.54. The van der Waals surface area contributed by atoms with Gasteiger partial charge in [-0.1, -0.05) is 30.1 Å². The highest BCUT2D eigenvalue weighted by Gasteiger charge is 2.20. The van der Waals surface area contributed by atoms with E-state index in [1.807, 2.05) is 19.1 Å². The highest BCUT2D eigenvalue weighted by Crippen LogP contribution is 2.37. The third-order valence-corrected chi connectivity index (χ3v) is 5.02. The van der Waals surface area contributed by atoms with Crippen molar-refractivity contribution in [1.82, 2.24) is 10.2 Å². The Kier molecular flexibility index (Phi) is 6.11. The SMILES string of the molecule is CCc1[nH]nc(-c2ccc(OC)cc2OC)c1NC(=O)c1ccc(Cl)c(Cl)c1. The number of anilines is 1. The lowest BCUT2D eigenvalue weighted by atomic mass is 10.1. The molecule has 0 saturated heterocycles. The molecule has 1 amide bonds. The second-order valence-electron chi connectivity index (χ2n) is 5.93. The minimum absolute atomic E-state index is 0.314. The van der Waals surface area contributed by atoms with Crippen LogP contribution in [0.4, 0.5) is 5.69 Å². The number of H-pyrrole nitrogens is 1. The zero-order valence-electron chi connectivity index (χ0n) is 15.6. The number of methoxy groups -OCH3 is 2. The molecule has 0 atom stereocenters. The third kappa shape index (κ3) is 3.93. The first-order valence-electron chi connectivity index (χ1n) is 8.54. The van der Waals surface area contributed by atoms with Gasteiger partial charge < -0.3 is 14.8 Å². The number of benzene rings is 2. The number of amides is 1. The van der Waals surface area contributed by atoms with Crippen molar-refractivity contribution in [3.05, 3.63) is 57.7 Å². The molecule has 2 aromatic carbocycles. The lowest BCUT2D eigenvalue weighted by Gasteiger charge is -2.12. The number of carbonyl (C=O) groups is 1. The minimum atomic E-state index is -0.316. The maximum Gasteiger partial charge on any atom is 0.255 e. The van der Waals surface area contributed by atoms with Gasteiger partial charge in [-0.15, -0.1) is 0 Å². The number of aromatic nitrogens is 2. The molecular formula is C20H19Cl2N3O3. The van der Waals surface area contributed by atoms with E-state index in [1.165, 1.54) is 6.07 Å². The van der Waals surface area contributed by atoms with Crippen LogP contribution in [-0.4, -0.2) is 30.3 Å². The maximum absolute atomic E-state index is 12.8. The zero-order valence-corrected chi connectivity index (χ0v) is 17.1. The van der Waals surface area contributed by atoms with E-state index in [1.54, 1.807) is 32.4 Å². The van der Waals surface area contributed by atoms with E-state index < -0.39 is 0 Å². The molecule has 0 radical (unpaired) electrons. The van der Waals surface area contributed by atoms with Crippen molar-refractivity contribution >= 4 is 34.8 Å². The quantitative estimate of drug-likeness (QED) is 0.574. The fourth-order valence-electron chi connectivity index (χ4n) is 2.78. The molecule has 0 aliphatic carbocycles. The van der Waals surface area contributed by atoms with Crippen molar-refractivity contribution in [3.8, 4) is 22.8 Å². The molecule has 6 nitrogen and oxygen atoms in total. The molecular weight excluding hydrogens is 401 g/mol. The number of nitrogens with zero attached hydrogens (tertiary/aromatic N) is 1. The lowest BCUT2D eigenvalue weighted by molar-refractivity contribution is 0.102. The molecule has 0 saturated carbocycles. The first-order valence-corrected chi connectivity index (χ1v) is 9.30. The fourth-order valence-corrected chi connectivity index (χ4v) is 3.08. The number of carbonyl (C=O) groups excluding carboxylic acids is 1. The Morgan fingerprint density at radius 1 is 1.11 bits per heavy atom. The minimum Gasteiger partial charge on any atom is -0.497 e. The molecule has 28 heavy (non-hydrogen) atoms. The molecule has 2 N–H and O–H groups in total. The van der Waals surface area contributed by atoms with Crippen LogP contribution in [0.5, 0.6) is 11.5 Å². The number of aryl methyl sites for hydroxylation is 1. The molecule has 0 unspecified atom stereocenters.